The highest BCUT2D eigenvalue weighted by Crippen LogP contribution is 2.27. The molecule has 0 atom stereocenters. The fourth-order valence-electron chi connectivity index (χ4n) is 3.06. The van der Waals surface area contributed by atoms with Gasteiger partial charge in [0.25, 0.3) is 0 Å². The van der Waals surface area contributed by atoms with E-state index in [4.69, 9.17) is 0 Å². The Morgan fingerprint density at radius 2 is 0.722 bits per heavy atom. The van der Waals surface area contributed by atoms with Crippen LogP contribution in [0.3, 0.4) is 0 Å². The molecule has 1 aliphatic rings. The monoisotopic (exact) mass is 256 g/mol. The highest BCUT2D eigenvalue weighted by atomic mass is 19.1. The van der Waals surface area contributed by atoms with E-state index in [-0.39, 0.29) is 0 Å². The van der Waals surface area contributed by atoms with Gasteiger partial charge in [-0.25, -0.2) is 4.39 Å². The van der Waals surface area contributed by atoms with Gasteiger partial charge in [0.05, 0.1) is 0 Å². The summed E-state index contributed by atoms with van der Waals surface area (Å²) in [5, 5.41) is 0. The van der Waals surface area contributed by atoms with E-state index in [2.05, 4.69) is 0 Å². The first-order valence-corrected chi connectivity index (χ1v) is 8.40. The second kappa shape index (κ2) is 9.81. The van der Waals surface area contributed by atoms with Crippen LogP contribution in [0.25, 0.3) is 0 Å². The first-order valence-electron chi connectivity index (χ1n) is 8.40. The Labute approximate surface area is 114 Å². The molecule has 0 nitrogen and oxygen atoms in total. The Morgan fingerprint density at radius 1 is 0.500 bits per heavy atom. The molecular weight excluding hydrogens is 223 g/mol. The summed E-state index contributed by atoms with van der Waals surface area (Å²) in [6.07, 6.45) is 18.6. The molecule has 18 heavy (non-hydrogen) atoms. The molecule has 1 fully saturated rings. The maximum atomic E-state index is 14.2. The van der Waals surface area contributed by atoms with E-state index in [9.17, 15) is 4.39 Å². The van der Waals surface area contributed by atoms with Crippen molar-refractivity contribution >= 4 is 0 Å². The molecule has 1 saturated carbocycles. The standard InChI is InChI=1S/C17H33F/c1-17(18)15-13-11-9-7-5-3-2-4-6-8-10-12-14-16-17/h2-16H2,1H3. The maximum absolute atomic E-state index is 14.2. The second-order valence-electron chi connectivity index (χ2n) is 6.51. The van der Waals surface area contributed by atoms with Gasteiger partial charge in [-0.05, 0) is 19.8 Å². The van der Waals surface area contributed by atoms with Crippen molar-refractivity contribution in [3.8, 4) is 0 Å². The SMILES string of the molecule is CC1(F)CCCCCCCCCCCCCCC1. The maximum Gasteiger partial charge on any atom is 0.108 e. The molecule has 0 radical (unpaired) electrons. The number of hydrogen-bond acceptors (Lipinski definition) is 0. The summed E-state index contributed by atoms with van der Waals surface area (Å²) in [7, 11) is 0. The average molecular weight is 256 g/mol. The molecule has 0 aromatic rings. The average Bonchev–Trinajstić information content (AvgIpc) is 2.32. The van der Waals surface area contributed by atoms with Crippen molar-refractivity contribution < 1.29 is 4.39 Å². The molecule has 0 amide bonds. The number of alkyl halides is 1. The summed E-state index contributed by atoms with van der Waals surface area (Å²) in [4.78, 5) is 0. The van der Waals surface area contributed by atoms with Gasteiger partial charge in [0.1, 0.15) is 5.67 Å². The number of hydrogen-bond donors (Lipinski definition) is 0. The zero-order chi connectivity index (χ0) is 13.1. The minimum Gasteiger partial charge on any atom is -0.244 e. The molecule has 0 spiro atoms. The highest BCUT2D eigenvalue weighted by Gasteiger charge is 2.21. The predicted molar refractivity (Wildman–Crippen MR) is 78.8 cm³/mol. The normalized spacial score (nSPS) is 25.7. The zero-order valence-electron chi connectivity index (χ0n) is 12.5. The second-order valence-corrected chi connectivity index (χ2v) is 6.51. The molecule has 1 rings (SSSR count). The van der Waals surface area contributed by atoms with Crippen molar-refractivity contribution in [3.05, 3.63) is 0 Å². The fraction of sp³-hybridized carbons (Fsp3) is 1.00. The molecule has 108 valence electrons. The van der Waals surface area contributed by atoms with Crippen LogP contribution in [0.15, 0.2) is 0 Å². The van der Waals surface area contributed by atoms with Crippen molar-refractivity contribution in [1.29, 1.82) is 0 Å². The van der Waals surface area contributed by atoms with E-state index in [1.807, 2.05) is 6.92 Å². The number of rotatable bonds is 0. The summed E-state index contributed by atoms with van der Waals surface area (Å²) < 4.78 is 14.2. The van der Waals surface area contributed by atoms with Crippen LogP contribution in [-0.4, -0.2) is 5.67 Å². The van der Waals surface area contributed by atoms with Crippen LogP contribution in [0.2, 0.25) is 0 Å². The minimum absolute atomic E-state index is 0.785. The molecule has 1 heteroatoms. The van der Waals surface area contributed by atoms with Crippen LogP contribution in [0.1, 0.15) is 103 Å². The van der Waals surface area contributed by atoms with Gasteiger partial charge >= 0.3 is 0 Å². The largest absolute Gasteiger partial charge is 0.244 e. The number of halogens is 1. The lowest BCUT2D eigenvalue weighted by Gasteiger charge is -2.20. The molecule has 0 aromatic heterocycles. The van der Waals surface area contributed by atoms with Crippen LogP contribution in [0, 0.1) is 0 Å². The van der Waals surface area contributed by atoms with Crippen molar-refractivity contribution in [2.75, 3.05) is 0 Å². The minimum atomic E-state index is -0.892. The van der Waals surface area contributed by atoms with Gasteiger partial charge in [-0.1, -0.05) is 83.5 Å². The van der Waals surface area contributed by atoms with Crippen molar-refractivity contribution in [2.45, 2.75) is 109 Å². The third kappa shape index (κ3) is 8.94. The van der Waals surface area contributed by atoms with Crippen LogP contribution in [0.4, 0.5) is 4.39 Å². The van der Waals surface area contributed by atoms with Gasteiger partial charge < -0.3 is 0 Å². The van der Waals surface area contributed by atoms with Crippen molar-refractivity contribution in [3.63, 3.8) is 0 Å². The van der Waals surface area contributed by atoms with Gasteiger partial charge in [-0.3, -0.25) is 0 Å². The quantitative estimate of drug-likeness (QED) is 0.459. The Morgan fingerprint density at radius 3 is 1.00 bits per heavy atom. The molecule has 0 saturated heterocycles. The molecular formula is C17H33F. The van der Waals surface area contributed by atoms with Gasteiger partial charge in [0.2, 0.25) is 0 Å². The molecule has 1 aliphatic carbocycles. The first-order chi connectivity index (χ1) is 8.71. The van der Waals surface area contributed by atoms with E-state index in [1.54, 1.807) is 0 Å². The van der Waals surface area contributed by atoms with Gasteiger partial charge in [-0.15, -0.1) is 0 Å². The lowest BCUT2D eigenvalue weighted by Crippen LogP contribution is -2.17. The summed E-state index contributed by atoms with van der Waals surface area (Å²) in [6, 6.07) is 0. The smallest absolute Gasteiger partial charge is 0.108 e. The third-order valence-electron chi connectivity index (χ3n) is 4.40. The van der Waals surface area contributed by atoms with E-state index in [1.165, 1.54) is 70.6 Å². The topological polar surface area (TPSA) is 0 Å². The van der Waals surface area contributed by atoms with Crippen LogP contribution >= 0.6 is 0 Å². The van der Waals surface area contributed by atoms with Gasteiger partial charge in [0.15, 0.2) is 0 Å². The van der Waals surface area contributed by atoms with Gasteiger partial charge in [-0.2, -0.15) is 0 Å². The van der Waals surface area contributed by atoms with E-state index in [0.717, 1.165) is 25.7 Å². The predicted octanol–water partition coefficient (Wildman–Crippen LogP) is 6.58. The molecule has 0 N–H and O–H groups in total. The van der Waals surface area contributed by atoms with E-state index >= 15 is 0 Å². The lowest BCUT2D eigenvalue weighted by molar-refractivity contribution is 0.151. The highest BCUT2D eigenvalue weighted by molar-refractivity contribution is 4.73. The van der Waals surface area contributed by atoms with Crippen molar-refractivity contribution in [2.24, 2.45) is 0 Å². The Hall–Kier alpha value is -0.0700. The lowest BCUT2D eigenvalue weighted by atomic mass is 9.92. The Balaban J connectivity index is 2.20. The summed E-state index contributed by atoms with van der Waals surface area (Å²) >= 11 is 0. The summed E-state index contributed by atoms with van der Waals surface area (Å²) in [5.74, 6) is 0. The Kier molecular flexibility index (Phi) is 8.71. The fourth-order valence-corrected chi connectivity index (χ4v) is 3.06. The molecule has 0 heterocycles. The zero-order valence-corrected chi connectivity index (χ0v) is 12.5. The molecule has 0 bridgehead atoms. The van der Waals surface area contributed by atoms with Gasteiger partial charge in [0, 0.05) is 0 Å². The van der Waals surface area contributed by atoms with E-state index in [0.29, 0.717) is 0 Å². The van der Waals surface area contributed by atoms with Crippen LogP contribution < -0.4 is 0 Å². The van der Waals surface area contributed by atoms with E-state index < -0.39 is 5.67 Å². The molecule has 0 unspecified atom stereocenters. The first kappa shape index (κ1) is 16.0. The summed E-state index contributed by atoms with van der Waals surface area (Å²) in [6.45, 7) is 1.82. The van der Waals surface area contributed by atoms with Crippen LogP contribution in [0.5, 0.6) is 0 Å². The van der Waals surface area contributed by atoms with Crippen LogP contribution in [-0.2, 0) is 0 Å². The molecule has 0 aromatic carbocycles. The molecule has 0 aliphatic heterocycles. The summed E-state index contributed by atoms with van der Waals surface area (Å²) in [5.41, 5.74) is -0.892. The third-order valence-corrected chi connectivity index (χ3v) is 4.40. The van der Waals surface area contributed by atoms with Crippen molar-refractivity contribution in [1.82, 2.24) is 0 Å². The Bertz CT molecular complexity index is 168.